The van der Waals surface area contributed by atoms with Crippen LogP contribution in [-0.2, 0) is 0 Å². The maximum absolute atomic E-state index is 6.03. The second kappa shape index (κ2) is 6.85. The van der Waals surface area contributed by atoms with Crippen LogP contribution in [0, 0.1) is 3.57 Å². The highest BCUT2D eigenvalue weighted by Gasteiger charge is 2.10. The van der Waals surface area contributed by atoms with Gasteiger partial charge in [-0.2, -0.15) is 0 Å². The van der Waals surface area contributed by atoms with Crippen molar-refractivity contribution < 1.29 is 0 Å². The summed E-state index contributed by atoms with van der Waals surface area (Å²) in [4.78, 5) is 8.94. The van der Waals surface area contributed by atoms with Crippen molar-refractivity contribution >= 4 is 55.9 Å². The lowest BCUT2D eigenvalue weighted by atomic mass is 10.2. The molecule has 0 aliphatic rings. The molecule has 1 heterocycles. The molecule has 0 spiro atoms. The van der Waals surface area contributed by atoms with Gasteiger partial charge in [0, 0.05) is 27.8 Å². The van der Waals surface area contributed by atoms with Gasteiger partial charge in [0.2, 0.25) is 0 Å². The lowest BCUT2D eigenvalue weighted by Crippen LogP contribution is -2.05. The molecule has 0 radical (unpaired) electrons. The summed E-state index contributed by atoms with van der Waals surface area (Å²) in [6.07, 6.45) is 2.87. The van der Waals surface area contributed by atoms with E-state index in [2.05, 4.69) is 60.7 Å². The van der Waals surface area contributed by atoms with Gasteiger partial charge in [-0.15, -0.1) is 0 Å². The Morgan fingerprint density at radius 3 is 2.95 bits per heavy atom. The van der Waals surface area contributed by atoms with Gasteiger partial charge in [-0.1, -0.05) is 34.5 Å². The number of halogens is 3. The average Bonchev–Trinajstić information content (AvgIpc) is 2.41. The molecule has 0 atom stereocenters. The zero-order valence-corrected chi connectivity index (χ0v) is 14.8. The Kier molecular flexibility index (Phi) is 5.41. The molecule has 0 saturated carbocycles. The Labute approximate surface area is 139 Å². The molecule has 1 aromatic carbocycles. The monoisotopic (exact) mass is 451 g/mol. The van der Waals surface area contributed by atoms with Crippen LogP contribution < -0.4 is 5.32 Å². The van der Waals surface area contributed by atoms with Crippen LogP contribution in [0.3, 0.4) is 0 Å². The Morgan fingerprint density at radius 1 is 1.42 bits per heavy atom. The molecule has 0 amide bonds. The van der Waals surface area contributed by atoms with Crippen molar-refractivity contribution in [2.75, 3.05) is 11.9 Å². The molecule has 0 unspecified atom stereocenters. The largest absolute Gasteiger partial charge is 0.369 e. The quantitative estimate of drug-likeness (QED) is 0.665. The lowest BCUT2D eigenvalue weighted by Gasteiger charge is -2.09. The van der Waals surface area contributed by atoms with Crippen LogP contribution in [0.5, 0.6) is 0 Å². The first kappa shape index (κ1) is 15.0. The van der Waals surface area contributed by atoms with Crippen molar-refractivity contribution in [2.45, 2.75) is 13.3 Å². The number of nitrogens with zero attached hydrogens (tertiary/aromatic N) is 2. The summed E-state index contributed by atoms with van der Waals surface area (Å²) in [5.41, 5.74) is 0.892. The molecular formula is C13H12BrClIN3. The molecular weight excluding hydrogens is 440 g/mol. The first-order valence-electron chi connectivity index (χ1n) is 5.83. The maximum Gasteiger partial charge on any atom is 0.162 e. The number of nitrogens with one attached hydrogen (secondary N) is 1. The van der Waals surface area contributed by atoms with Crippen LogP contribution in [0.15, 0.2) is 28.9 Å². The molecule has 3 nitrogen and oxygen atoms in total. The molecule has 2 aromatic rings. The van der Waals surface area contributed by atoms with Crippen molar-refractivity contribution in [3.63, 3.8) is 0 Å². The Bertz CT molecular complexity index is 592. The van der Waals surface area contributed by atoms with E-state index in [1.54, 1.807) is 0 Å². The predicted molar refractivity (Wildman–Crippen MR) is 91.7 cm³/mol. The summed E-state index contributed by atoms with van der Waals surface area (Å²) < 4.78 is 1.94. The fourth-order valence-electron chi connectivity index (χ4n) is 1.53. The predicted octanol–water partition coefficient (Wildman–Crippen LogP) is 4.99. The van der Waals surface area contributed by atoms with Gasteiger partial charge >= 0.3 is 0 Å². The molecule has 6 heteroatoms. The summed E-state index contributed by atoms with van der Waals surface area (Å²) >= 11 is 11.8. The third-order valence-corrected chi connectivity index (χ3v) is 4.17. The van der Waals surface area contributed by atoms with E-state index >= 15 is 0 Å². The number of rotatable bonds is 4. The number of hydrogen-bond donors (Lipinski definition) is 1. The van der Waals surface area contributed by atoms with Gasteiger partial charge in [0.05, 0.1) is 3.57 Å². The molecule has 19 heavy (non-hydrogen) atoms. The number of aromatic nitrogens is 2. The van der Waals surface area contributed by atoms with Gasteiger partial charge in [-0.25, -0.2) is 9.97 Å². The summed E-state index contributed by atoms with van der Waals surface area (Å²) in [6, 6.07) is 5.59. The fourth-order valence-corrected chi connectivity index (χ4v) is 2.58. The number of anilines is 1. The van der Waals surface area contributed by atoms with E-state index in [-0.39, 0.29) is 0 Å². The van der Waals surface area contributed by atoms with Crippen molar-refractivity contribution in [1.29, 1.82) is 0 Å². The van der Waals surface area contributed by atoms with Crippen LogP contribution in [0.25, 0.3) is 11.4 Å². The molecule has 2 rings (SSSR count). The summed E-state index contributed by atoms with van der Waals surface area (Å²) in [6.45, 7) is 3.01. The minimum Gasteiger partial charge on any atom is -0.369 e. The van der Waals surface area contributed by atoms with E-state index in [0.29, 0.717) is 10.8 Å². The van der Waals surface area contributed by atoms with Gasteiger partial charge in [0.15, 0.2) is 5.82 Å². The van der Waals surface area contributed by atoms with Crippen LogP contribution in [0.1, 0.15) is 13.3 Å². The summed E-state index contributed by atoms with van der Waals surface area (Å²) in [7, 11) is 0. The first-order valence-corrected chi connectivity index (χ1v) is 8.08. The normalized spacial score (nSPS) is 10.5. The van der Waals surface area contributed by atoms with E-state index < -0.39 is 0 Å². The van der Waals surface area contributed by atoms with Crippen LogP contribution in [0.2, 0.25) is 5.02 Å². The second-order valence-electron chi connectivity index (χ2n) is 3.94. The molecule has 100 valence electrons. The summed E-state index contributed by atoms with van der Waals surface area (Å²) in [5.74, 6) is 1.52. The zero-order chi connectivity index (χ0) is 13.8. The van der Waals surface area contributed by atoms with Crippen molar-refractivity contribution in [3.8, 4) is 11.4 Å². The van der Waals surface area contributed by atoms with Gasteiger partial charge in [-0.3, -0.25) is 0 Å². The molecule has 0 saturated heterocycles. The Hall–Kier alpha value is -0.400. The van der Waals surface area contributed by atoms with Crippen molar-refractivity contribution in [2.24, 2.45) is 0 Å². The third kappa shape index (κ3) is 3.79. The minimum atomic E-state index is 0.661. The number of benzene rings is 1. The first-order chi connectivity index (χ1) is 9.11. The third-order valence-electron chi connectivity index (χ3n) is 2.46. The fraction of sp³-hybridized carbons (Fsp3) is 0.231. The van der Waals surface area contributed by atoms with E-state index in [4.69, 9.17) is 11.6 Å². The Morgan fingerprint density at radius 2 is 2.21 bits per heavy atom. The van der Waals surface area contributed by atoms with Gasteiger partial charge < -0.3 is 5.32 Å². The van der Waals surface area contributed by atoms with E-state index in [0.717, 1.165) is 32.4 Å². The van der Waals surface area contributed by atoms with E-state index in [9.17, 15) is 0 Å². The molecule has 0 bridgehead atoms. The van der Waals surface area contributed by atoms with Crippen molar-refractivity contribution in [1.82, 2.24) is 9.97 Å². The van der Waals surface area contributed by atoms with E-state index in [1.165, 1.54) is 0 Å². The van der Waals surface area contributed by atoms with Gasteiger partial charge in [0.25, 0.3) is 0 Å². The maximum atomic E-state index is 6.03. The molecule has 0 fully saturated rings. The molecule has 1 aromatic heterocycles. The van der Waals surface area contributed by atoms with Crippen LogP contribution in [-0.4, -0.2) is 16.5 Å². The second-order valence-corrected chi connectivity index (χ2v) is 6.39. The van der Waals surface area contributed by atoms with Gasteiger partial charge in [-0.05, 0) is 47.2 Å². The zero-order valence-electron chi connectivity index (χ0n) is 10.3. The minimum absolute atomic E-state index is 0.661. The molecule has 1 N–H and O–H groups in total. The van der Waals surface area contributed by atoms with Crippen LogP contribution >= 0.6 is 50.1 Å². The number of hydrogen-bond acceptors (Lipinski definition) is 3. The van der Waals surface area contributed by atoms with E-state index in [1.807, 2.05) is 24.4 Å². The Balaban J connectivity index is 2.42. The highest BCUT2D eigenvalue weighted by molar-refractivity contribution is 14.1. The smallest absolute Gasteiger partial charge is 0.162 e. The highest BCUT2D eigenvalue weighted by atomic mass is 127. The van der Waals surface area contributed by atoms with Gasteiger partial charge in [0.1, 0.15) is 5.82 Å². The molecule has 0 aliphatic carbocycles. The highest BCUT2D eigenvalue weighted by Crippen LogP contribution is 2.29. The van der Waals surface area contributed by atoms with Crippen molar-refractivity contribution in [3.05, 3.63) is 37.5 Å². The molecule has 0 aliphatic heterocycles. The van der Waals surface area contributed by atoms with Crippen LogP contribution in [0.4, 0.5) is 5.82 Å². The average molecular weight is 453 g/mol. The standard InChI is InChI=1S/C13H12BrClIN3/c1-2-5-17-13-11(16)7-18-12(19-13)9-6-8(15)3-4-10(9)14/h3-4,6-7H,2,5H2,1H3,(H,17,18,19). The topological polar surface area (TPSA) is 37.8 Å². The summed E-state index contributed by atoms with van der Waals surface area (Å²) in [5, 5.41) is 3.97. The SMILES string of the molecule is CCCNc1nc(-c2cc(Cl)ccc2Br)ncc1I. The lowest BCUT2D eigenvalue weighted by molar-refractivity contribution is 0.963.